The minimum atomic E-state index is -5.08. The van der Waals surface area contributed by atoms with Crippen molar-refractivity contribution in [2.24, 2.45) is 11.1 Å². The second-order valence-corrected chi connectivity index (χ2v) is 14.9. The van der Waals surface area contributed by atoms with Gasteiger partial charge < -0.3 is 41.2 Å². The van der Waals surface area contributed by atoms with Crippen LogP contribution in [0.4, 0.5) is 22.0 Å². The molecule has 0 fully saturated rings. The monoisotopic (exact) mass is 879 g/mol. The van der Waals surface area contributed by atoms with Crippen LogP contribution in [0.3, 0.4) is 0 Å². The van der Waals surface area contributed by atoms with Crippen molar-refractivity contribution in [3.8, 4) is 11.3 Å². The Morgan fingerprint density at radius 2 is 1.55 bits per heavy atom. The van der Waals surface area contributed by atoms with Crippen LogP contribution in [-0.4, -0.2) is 121 Å². The van der Waals surface area contributed by atoms with Crippen LogP contribution in [0.5, 0.6) is 0 Å². The number of alkyl halides is 3. The largest absolute Gasteiger partial charge is 0.490 e. The lowest BCUT2D eigenvalue weighted by molar-refractivity contribution is -0.192. The van der Waals surface area contributed by atoms with Crippen molar-refractivity contribution in [3.63, 3.8) is 0 Å². The first kappa shape index (κ1) is 49.8. The van der Waals surface area contributed by atoms with Gasteiger partial charge >= 0.3 is 18.1 Å². The van der Waals surface area contributed by atoms with Crippen LogP contribution in [0.1, 0.15) is 57.5 Å². The smallest absolute Gasteiger partial charge is 0.480 e. The van der Waals surface area contributed by atoms with Gasteiger partial charge in [-0.25, -0.2) is 23.4 Å². The van der Waals surface area contributed by atoms with Gasteiger partial charge in [-0.05, 0) is 42.0 Å². The third-order valence-electron chi connectivity index (χ3n) is 9.13. The minimum Gasteiger partial charge on any atom is -0.480 e. The van der Waals surface area contributed by atoms with E-state index >= 15 is 0 Å². The molecule has 3 aromatic rings. The number of aliphatic hydroxyl groups is 1. The van der Waals surface area contributed by atoms with Crippen LogP contribution in [0, 0.1) is 17.0 Å². The number of benzene rings is 2. The fourth-order valence-corrected chi connectivity index (χ4v) is 6.13. The number of hydrogen-bond acceptors (Lipinski definition) is 10. The summed E-state index contributed by atoms with van der Waals surface area (Å²) >= 11 is 0. The number of nitrogens with one attached hydrogen (secondary N) is 2. The van der Waals surface area contributed by atoms with Crippen LogP contribution < -0.4 is 16.4 Å². The van der Waals surface area contributed by atoms with Gasteiger partial charge in [-0.2, -0.15) is 13.2 Å². The second-order valence-electron chi connectivity index (χ2n) is 14.9. The molecule has 22 heteroatoms. The molecule has 62 heavy (non-hydrogen) atoms. The number of aliphatic hydroxyl groups excluding tert-OH is 1. The van der Waals surface area contributed by atoms with Crippen molar-refractivity contribution in [1.29, 1.82) is 0 Å². The summed E-state index contributed by atoms with van der Waals surface area (Å²) in [6.07, 6.45) is -2.11. The summed E-state index contributed by atoms with van der Waals surface area (Å²) in [6.45, 7) is 4.46. The lowest BCUT2D eigenvalue weighted by Gasteiger charge is -2.40. The molecule has 1 aromatic heterocycles. The normalized spacial score (nSPS) is 14.1. The Morgan fingerprint density at radius 3 is 2.10 bits per heavy atom. The van der Waals surface area contributed by atoms with Gasteiger partial charge in [0.05, 0.1) is 17.8 Å². The summed E-state index contributed by atoms with van der Waals surface area (Å²) in [4.78, 5) is 90.1. The number of nitrogens with two attached hydrogens (primary N) is 1. The first-order chi connectivity index (χ1) is 28.9. The van der Waals surface area contributed by atoms with Crippen molar-refractivity contribution in [2.45, 2.75) is 70.9 Å². The van der Waals surface area contributed by atoms with E-state index in [2.05, 4.69) is 10.6 Å². The highest BCUT2D eigenvalue weighted by molar-refractivity contribution is 6.12. The minimum absolute atomic E-state index is 0.0545. The van der Waals surface area contributed by atoms with Gasteiger partial charge in [-0.15, -0.1) is 0 Å². The van der Waals surface area contributed by atoms with E-state index in [9.17, 15) is 60.9 Å². The molecule has 0 saturated carbocycles. The van der Waals surface area contributed by atoms with Crippen molar-refractivity contribution < 1.29 is 70.8 Å². The van der Waals surface area contributed by atoms with Crippen LogP contribution in [0.15, 0.2) is 66.9 Å². The van der Waals surface area contributed by atoms with Crippen molar-refractivity contribution in [1.82, 2.24) is 30.0 Å². The molecule has 4 rings (SSSR count). The van der Waals surface area contributed by atoms with E-state index in [0.29, 0.717) is 0 Å². The van der Waals surface area contributed by atoms with E-state index in [1.54, 1.807) is 10.8 Å². The van der Waals surface area contributed by atoms with Gasteiger partial charge in [0.1, 0.15) is 30.1 Å². The van der Waals surface area contributed by atoms with Gasteiger partial charge in [0.15, 0.2) is 0 Å². The molecule has 1 aliphatic rings. The Balaban J connectivity index is 0.00000134. The van der Waals surface area contributed by atoms with E-state index < -0.39 is 89.4 Å². The molecule has 2 unspecified atom stereocenters. The molecular formula is C40H46F5N7O10. The van der Waals surface area contributed by atoms with Crippen molar-refractivity contribution in [2.75, 3.05) is 26.2 Å². The second kappa shape index (κ2) is 21.8. The summed E-state index contributed by atoms with van der Waals surface area (Å²) in [6, 6.07) is 8.49. The van der Waals surface area contributed by atoms with Crippen LogP contribution in [0.2, 0.25) is 0 Å². The number of nitrogens with zero attached hydrogens (tertiary/aromatic N) is 4. The lowest BCUT2D eigenvalue weighted by atomic mass is 9.84. The maximum Gasteiger partial charge on any atom is 0.490 e. The lowest BCUT2D eigenvalue weighted by Crippen LogP contribution is -2.51. The molecule has 7 N–H and O–H groups in total. The van der Waals surface area contributed by atoms with E-state index in [4.69, 9.17) is 20.6 Å². The molecule has 17 nitrogen and oxygen atoms in total. The number of carboxylic acid groups (broad SMARTS) is 2. The van der Waals surface area contributed by atoms with Crippen molar-refractivity contribution in [3.05, 3.63) is 89.9 Å². The van der Waals surface area contributed by atoms with Gasteiger partial charge in [0.2, 0.25) is 17.7 Å². The fraction of sp³-hybridized carbons (Fsp3) is 0.400. The first-order valence-corrected chi connectivity index (χ1v) is 18.8. The molecule has 2 heterocycles. The van der Waals surface area contributed by atoms with Crippen LogP contribution in [0.25, 0.3) is 11.3 Å². The van der Waals surface area contributed by atoms with Crippen molar-refractivity contribution >= 4 is 41.5 Å². The average Bonchev–Trinajstić information content (AvgIpc) is 3.75. The summed E-state index contributed by atoms with van der Waals surface area (Å²) < 4.78 is 62.7. The fourth-order valence-electron chi connectivity index (χ4n) is 6.13. The predicted octanol–water partition coefficient (Wildman–Crippen LogP) is 2.53. The zero-order valence-electron chi connectivity index (χ0n) is 33.7. The number of halogens is 5. The zero-order valence-corrected chi connectivity index (χ0v) is 33.7. The third kappa shape index (κ3) is 14.3. The topological polar surface area (TPSA) is 255 Å². The van der Waals surface area contributed by atoms with Gasteiger partial charge in [0, 0.05) is 56.5 Å². The Bertz CT molecular complexity index is 2120. The molecular weight excluding hydrogens is 833 g/mol. The van der Waals surface area contributed by atoms with Gasteiger partial charge in [-0.1, -0.05) is 51.1 Å². The molecule has 0 saturated heterocycles. The van der Waals surface area contributed by atoms with E-state index in [1.807, 2.05) is 51.1 Å². The number of carboxylic acids is 2. The zero-order chi connectivity index (χ0) is 46.5. The first-order valence-electron chi connectivity index (χ1n) is 18.8. The van der Waals surface area contributed by atoms with Gasteiger partial charge in [-0.3, -0.25) is 28.9 Å². The molecule has 5 amide bonds. The summed E-state index contributed by atoms with van der Waals surface area (Å²) in [5.74, 6) is -8.48. The molecule has 2 aromatic carbocycles. The average molecular weight is 880 g/mol. The van der Waals surface area contributed by atoms with Crippen LogP contribution >= 0.6 is 0 Å². The van der Waals surface area contributed by atoms with E-state index in [0.717, 1.165) is 40.8 Å². The highest BCUT2D eigenvalue weighted by Gasteiger charge is 2.39. The number of amides is 5. The predicted molar refractivity (Wildman–Crippen MR) is 208 cm³/mol. The number of carbonyl (C=O) groups excluding carboxylic acids is 5. The maximum absolute atomic E-state index is 15.0. The Hall–Kier alpha value is -6.55. The summed E-state index contributed by atoms with van der Waals surface area (Å²) in [5.41, 5.74) is 6.26. The number of hydrogen-bond donors (Lipinski definition) is 6. The van der Waals surface area contributed by atoms with Gasteiger partial charge in [0.25, 0.3) is 11.8 Å². The summed E-state index contributed by atoms with van der Waals surface area (Å²) in [5, 5.41) is 31.7. The molecule has 336 valence electrons. The Morgan fingerprint density at radius 1 is 0.935 bits per heavy atom. The number of rotatable bonds is 18. The molecule has 1 aliphatic heterocycles. The maximum atomic E-state index is 15.0. The number of carbonyl (C=O) groups is 7. The summed E-state index contributed by atoms with van der Waals surface area (Å²) in [7, 11) is 0. The Kier molecular flexibility index (Phi) is 17.5. The molecule has 0 spiro atoms. The number of imidazole rings is 1. The van der Waals surface area contributed by atoms with Crippen LogP contribution in [-0.2, 0) is 40.1 Å². The highest BCUT2D eigenvalue weighted by Crippen LogP contribution is 2.39. The number of aliphatic carboxylic acids is 2. The SMILES string of the molecule is CC(C)(C)C(c1nc(-c2cc(F)ccc2F)cn1Cc1ccccc1)N(CCC(N)C(=O)N[C@@H](CCC(=O)NCCN1C(=O)C=CC1=O)C(=O)O)C(=O)CO.O=C(O)C(F)(F)F. The quantitative estimate of drug-likeness (QED) is 0.0797. The molecule has 0 bridgehead atoms. The Labute approximate surface area is 351 Å². The number of aromatic nitrogens is 2. The molecule has 0 aliphatic carbocycles. The van der Waals surface area contributed by atoms with E-state index in [-0.39, 0.29) is 62.5 Å². The third-order valence-corrected chi connectivity index (χ3v) is 9.13. The number of imide groups is 1. The highest BCUT2D eigenvalue weighted by atomic mass is 19.4. The van der Waals surface area contributed by atoms with E-state index in [1.165, 1.54) is 4.90 Å². The molecule has 0 radical (unpaired) electrons. The molecule has 3 atom stereocenters. The standard InChI is InChI=1S/C38H45F2N7O8.C2HF3O2/c1-38(2,3)34(35-43-29(25-19-24(39)9-10-26(25)40)21-45(35)20-23-7-5-4-6-8-23)47(33(52)22-48)17-15-27(41)36(53)44-28(37(54)55)11-12-30(49)42-16-18-46-31(50)13-14-32(46)51;3-2(4,5)1(6)7/h4-10,13-14,19,21,27-28,34,48H,11-12,15-18,20,22,41H2,1-3H3,(H,42,49)(H,44,53)(H,54,55);(H,6,7)/t27?,28-,34?;/m0./s1.